The molecule has 0 N–H and O–H groups in total. The van der Waals surface area contributed by atoms with Crippen molar-refractivity contribution in [1.82, 2.24) is 0 Å². The van der Waals surface area contributed by atoms with Crippen molar-refractivity contribution in [3.05, 3.63) is 120 Å². The fourth-order valence-electron chi connectivity index (χ4n) is 4.69. The molecule has 0 saturated carbocycles. The summed E-state index contributed by atoms with van der Waals surface area (Å²) in [5.41, 5.74) is 4.98. The van der Waals surface area contributed by atoms with Crippen LogP contribution in [0.25, 0.3) is 11.1 Å². The summed E-state index contributed by atoms with van der Waals surface area (Å²) in [5.74, 6) is 0. The molecular formula is C25H19Cl2Zr. The van der Waals surface area contributed by atoms with Crippen molar-refractivity contribution >= 4 is 23.6 Å². The van der Waals surface area contributed by atoms with E-state index in [9.17, 15) is 0 Å². The van der Waals surface area contributed by atoms with Gasteiger partial charge in [-0.15, -0.1) is 0 Å². The third kappa shape index (κ3) is 2.53. The molecule has 0 bridgehead atoms. The second-order valence-corrected chi connectivity index (χ2v) is 27.4. The molecule has 4 aromatic rings. The molecule has 4 aromatic carbocycles. The first-order valence-electron chi connectivity index (χ1n) is 9.47. The monoisotopic (exact) mass is 479 g/mol. The molecule has 1 aliphatic rings. The Hall–Kier alpha value is -1.66. The van der Waals surface area contributed by atoms with Crippen LogP contribution in [0.5, 0.6) is 0 Å². The summed E-state index contributed by atoms with van der Waals surface area (Å²) >= 11 is -4.81. The van der Waals surface area contributed by atoms with Crippen LogP contribution >= 0.6 is 17.0 Å². The van der Waals surface area contributed by atoms with Crippen LogP contribution in [0.3, 0.4) is 0 Å². The molecule has 0 amide bonds. The number of fused-ring (bicyclic) bond motifs is 3. The van der Waals surface area contributed by atoms with Crippen molar-refractivity contribution in [2.45, 2.75) is 3.63 Å². The number of hydrogen-bond donors (Lipinski definition) is 0. The minimum absolute atomic E-state index is 0.0260. The predicted molar refractivity (Wildman–Crippen MR) is 118 cm³/mol. The first-order valence-corrected chi connectivity index (χ1v) is 19.7. The molecule has 0 aromatic heterocycles. The fraction of sp³-hybridized carbons (Fsp3) is 0.0400. The van der Waals surface area contributed by atoms with E-state index in [1.165, 1.54) is 22.3 Å². The Kier molecular flexibility index (Phi) is 4.40. The Labute approximate surface area is 174 Å². The van der Waals surface area contributed by atoms with Gasteiger partial charge < -0.3 is 0 Å². The SMILES string of the molecule is [Cl][Zr]([Cl])([c]1ccccc1)([c]1ccccc1)[CH]1c2ccccc2-c2ccccc21. The minimum atomic E-state index is -4.81. The molecule has 1 aliphatic carbocycles. The summed E-state index contributed by atoms with van der Waals surface area (Å²) in [6, 6.07) is 37.8. The van der Waals surface area contributed by atoms with Crippen molar-refractivity contribution in [3.8, 4) is 11.1 Å². The maximum absolute atomic E-state index is 7.88. The first kappa shape index (κ1) is 18.4. The van der Waals surface area contributed by atoms with Crippen molar-refractivity contribution in [3.63, 3.8) is 0 Å². The van der Waals surface area contributed by atoms with Gasteiger partial charge in [-0.1, -0.05) is 0 Å². The van der Waals surface area contributed by atoms with Crippen molar-refractivity contribution in [1.29, 1.82) is 0 Å². The van der Waals surface area contributed by atoms with E-state index >= 15 is 0 Å². The van der Waals surface area contributed by atoms with Gasteiger partial charge in [0.05, 0.1) is 0 Å². The van der Waals surface area contributed by atoms with Gasteiger partial charge in [0.15, 0.2) is 0 Å². The van der Waals surface area contributed by atoms with Crippen LogP contribution in [0.2, 0.25) is 0 Å². The van der Waals surface area contributed by atoms with Gasteiger partial charge in [-0.05, 0) is 0 Å². The molecule has 0 nitrogen and oxygen atoms in total. The molecule has 28 heavy (non-hydrogen) atoms. The van der Waals surface area contributed by atoms with Gasteiger partial charge in [-0.2, -0.15) is 0 Å². The van der Waals surface area contributed by atoms with Gasteiger partial charge in [0.2, 0.25) is 0 Å². The molecule has 0 spiro atoms. The van der Waals surface area contributed by atoms with Gasteiger partial charge >= 0.3 is 175 Å². The molecule has 0 heterocycles. The second kappa shape index (κ2) is 6.70. The Morgan fingerprint density at radius 3 is 1.25 bits per heavy atom. The summed E-state index contributed by atoms with van der Waals surface area (Å²) in [7, 11) is 15.8. The average Bonchev–Trinajstić information content (AvgIpc) is 3.11. The van der Waals surface area contributed by atoms with E-state index in [1.54, 1.807) is 0 Å². The van der Waals surface area contributed by atoms with E-state index < -0.39 is 16.4 Å². The van der Waals surface area contributed by atoms with Gasteiger partial charge in [-0.25, -0.2) is 0 Å². The third-order valence-corrected chi connectivity index (χ3v) is 24.6. The zero-order valence-corrected chi connectivity index (χ0v) is 19.2. The van der Waals surface area contributed by atoms with Crippen LogP contribution in [0, 0.1) is 0 Å². The van der Waals surface area contributed by atoms with E-state index in [0.717, 1.165) is 6.54 Å². The predicted octanol–water partition coefficient (Wildman–Crippen LogP) is 6.40. The first-order chi connectivity index (χ1) is 13.6. The molecule has 3 heteroatoms. The average molecular weight is 482 g/mol. The van der Waals surface area contributed by atoms with Crippen LogP contribution in [0.15, 0.2) is 109 Å². The summed E-state index contributed by atoms with van der Waals surface area (Å²) in [6.07, 6.45) is 0. The summed E-state index contributed by atoms with van der Waals surface area (Å²) in [4.78, 5) is 0. The number of halogens is 2. The molecule has 0 fully saturated rings. The zero-order valence-electron chi connectivity index (χ0n) is 15.2. The third-order valence-electron chi connectivity index (χ3n) is 5.95. The fourth-order valence-corrected chi connectivity index (χ4v) is 20.8. The summed E-state index contributed by atoms with van der Waals surface area (Å²) in [6.45, 7) is 0. The van der Waals surface area contributed by atoms with Crippen LogP contribution in [-0.2, 0) is 16.4 Å². The molecule has 137 valence electrons. The van der Waals surface area contributed by atoms with Gasteiger partial charge in [0.1, 0.15) is 0 Å². The van der Waals surface area contributed by atoms with Crippen LogP contribution in [-0.4, -0.2) is 0 Å². The molecular weight excluding hydrogens is 462 g/mol. The molecule has 5 rings (SSSR count). The van der Waals surface area contributed by atoms with E-state index in [4.69, 9.17) is 17.0 Å². The Balaban J connectivity index is 1.91. The zero-order chi connectivity index (χ0) is 19.2. The Bertz CT molecular complexity index is 1060. The quantitative estimate of drug-likeness (QED) is 0.317. The van der Waals surface area contributed by atoms with Gasteiger partial charge in [0.25, 0.3) is 0 Å². The van der Waals surface area contributed by atoms with Crippen LogP contribution in [0.1, 0.15) is 14.8 Å². The standard InChI is InChI=1S/C13H9.2C6H5.2ClH.Zr/c1-3-7-12-10(5-1)9-11-6-2-4-8-13(11)12;2*1-2-4-6-5-3-1;;;/h1-9H;2*1-5H;2*1H;/q;;;;;+2/p-2. The van der Waals surface area contributed by atoms with Crippen LogP contribution in [0.4, 0.5) is 0 Å². The van der Waals surface area contributed by atoms with Gasteiger partial charge in [0, 0.05) is 0 Å². The molecule has 0 radical (unpaired) electrons. The molecule has 0 unspecified atom stereocenters. The normalized spacial score (nSPS) is 14.7. The second-order valence-electron chi connectivity index (χ2n) is 7.42. The summed E-state index contributed by atoms with van der Waals surface area (Å²) in [5, 5.41) is 0. The van der Waals surface area contributed by atoms with Gasteiger partial charge in [-0.3, -0.25) is 0 Å². The van der Waals surface area contributed by atoms with E-state index in [1.807, 2.05) is 36.4 Å². The molecule has 0 atom stereocenters. The topological polar surface area (TPSA) is 0 Å². The van der Waals surface area contributed by atoms with E-state index in [-0.39, 0.29) is 3.63 Å². The maximum atomic E-state index is 7.88. The van der Waals surface area contributed by atoms with Crippen LogP contribution < -0.4 is 6.54 Å². The summed E-state index contributed by atoms with van der Waals surface area (Å²) < 4.78 is 2.13. The Morgan fingerprint density at radius 1 is 0.464 bits per heavy atom. The molecule has 0 aliphatic heterocycles. The molecule has 0 saturated heterocycles. The van der Waals surface area contributed by atoms with Crippen molar-refractivity contribution < 1.29 is 16.4 Å². The van der Waals surface area contributed by atoms with E-state index in [0.29, 0.717) is 0 Å². The Morgan fingerprint density at radius 2 is 0.821 bits per heavy atom. The number of hydrogen-bond acceptors (Lipinski definition) is 0. The van der Waals surface area contributed by atoms with Crippen molar-refractivity contribution in [2.24, 2.45) is 0 Å². The number of benzene rings is 4. The van der Waals surface area contributed by atoms with E-state index in [2.05, 4.69) is 72.8 Å². The van der Waals surface area contributed by atoms with Crippen molar-refractivity contribution in [2.75, 3.05) is 0 Å². The number of rotatable bonds is 3.